The Hall–Kier alpha value is -2.22. The number of anilines is 1. The Bertz CT molecular complexity index is 683. The number of aromatic amines is 1. The lowest BCUT2D eigenvalue weighted by molar-refractivity contribution is 0.786. The number of hydrogen-bond acceptors (Lipinski definition) is 1. The predicted octanol–water partition coefficient (Wildman–Crippen LogP) is 4.29. The Morgan fingerprint density at radius 2 is 1.68 bits per heavy atom. The molecule has 0 aliphatic rings. The van der Waals surface area contributed by atoms with Crippen molar-refractivity contribution in [1.29, 1.82) is 0 Å². The van der Waals surface area contributed by atoms with Gasteiger partial charge in [-0.2, -0.15) is 0 Å². The molecule has 1 atom stereocenters. The summed E-state index contributed by atoms with van der Waals surface area (Å²) in [5.41, 5.74) is 9.87. The quantitative estimate of drug-likeness (QED) is 0.715. The number of H-pyrrole nitrogens is 1. The largest absolute Gasteiger partial charge is 0.385 e. The minimum absolute atomic E-state index is 0.345. The normalized spacial score (nSPS) is 12.7. The summed E-state index contributed by atoms with van der Waals surface area (Å²) in [6.45, 7) is 2.21. The lowest BCUT2D eigenvalue weighted by atomic mass is 9.88. The first-order valence-corrected chi connectivity index (χ1v) is 6.72. The third-order valence-corrected chi connectivity index (χ3v) is 3.74. The van der Waals surface area contributed by atoms with Crippen LogP contribution in [0.2, 0.25) is 0 Å². The van der Waals surface area contributed by atoms with E-state index < -0.39 is 0 Å². The van der Waals surface area contributed by atoms with Crippen LogP contribution in [0.5, 0.6) is 0 Å². The highest BCUT2D eigenvalue weighted by atomic mass is 14.9. The number of aromatic nitrogens is 1. The highest BCUT2D eigenvalue weighted by Crippen LogP contribution is 2.36. The molecule has 1 aromatic heterocycles. The molecule has 3 aromatic rings. The van der Waals surface area contributed by atoms with Gasteiger partial charge < -0.3 is 10.7 Å². The molecule has 0 saturated heterocycles. The summed E-state index contributed by atoms with van der Waals surface area (Å²) >= 11 is 0. The van der Waals surface area contributed by atoms with Crippen LogP contribution < -0.4 is 5.73 Å². The zero-order chi connectivity index (χ0) is 13.2. The van der Waals surface area contributed by atoms with Gasteiger partial charge in [0.05, 0.1) is 0 Å². The van der Waals surface area contributed by atoms with Crippen LogP contribution in [0.25, 0.3) is 10.9 Å². The molecule has 0 saturated carbocycles. The number of fused-ring (bicyclic) bond motifs is 1. The average molecular weight is 250 g/mol. The molecule has 2 heteroatoms. The van der Waals surface area contributed by atoms with Crippen LogP contribution in [0.4, 0.5) is 5.82 Å². The maximum absolute atomic E-state index is 6.21. The van der Waals surface area contributed by atoms with Gasteiger partial charge in [0, 0.05) is 22.4 Å². The monoisotopic (exact) mass is 250 g/mol. The number of benzene rings is 2. The van der Waals surface area contributed by atoms with Crippen LogP contribution in [-0.4, -0.2) is 4.98 Å². The van der Waals surface area contributed by atoms with Crippen LogP contribution in [0, 0.1) is 0 Å². The van der Waals surface area contributed by atoms with Gasteiger partial charge in [-0.15, -0.1) is 0 Å². The maximum Gasteiger partial charge on any atom is 0.105 e. The topological polar surface area (TPSA) is 41.8 Å². The van der Waals surface area contributed by atoms with Gasteiger partial charge in [-0.05, 0) is 18.1 Å². The molecule has 0 radical (unpaired) electrons. The second kappa shape index (κ2) is 4.81. The fourth-order valence-corrected chi connectivity index (χ4v) is 2.85. The van der Waals surface area contributed by atoms with Crippen LogP contribution in [0.15, 0.2) is 54.6 Å². The van der Waals surface area contributed by atoms with Crippen molar-refractivity contribution in [2.75, 3.05) is 5.73 Å². The molecule has 0 fully saturated rings. The summed E-state index contributed by atoms with van der Waals surface area (Å²) in [5, 5.41) is 1.23. The van der Waals surface area contributed by atoms with Crippen molar-refractivity contribution >= 4 is 16.7 Å². The summed E-state index contributed by atoms with van der Waals surface area (Å²) in [4.78, 5) is 3.29. The lowest BCUT2D eigenvalue weighted by Crippen LogP contribution is -2.02. The van der Waals surface area contributed by atoms with Gasteiger partial charge in [0.2, 0.25) is 0 Å². The van der Waals surface area contributed by atoms with Crippen molar-refractivity contribution in [3.05, 3.63) is 65.7 Å². The van der Waals surface area contributed by atoms with Crippen molar-refractivity contribution in [3.8, 4) is 0 Å². The summed E-state index contributed by atoms with van der Waals surface area (Å²) < 4.78 is 0. The Labute approximate surface area is 113 Å². The molecule has 2 nitrogen and oxygen atoms in total. The fourth-order valence-electron chi connectivity index (χ4n) is 2.85. The van der Waals surface area contributed by atoms with Crippen molar-refractivity contribution in [1.82, 2.24) is 4.98 Å². The first-order chi connectivity index (χ1) is 9.31. The first-order valence-electron chi connectivity index (χ1n) is 6.72. The minimum atomic E-state index is 0.345. The van der Waals surface area contributed by atoms with Crippen molar-refractivity contribution < 1.29 is 0 Å². The molecule has 96 valence electrons. The number of hydrogen-bond donors (Lipinski definition) is 2. The van der Waals surface area contributed by atoms with E-state index in [9.17, 15) is 0 Å². The third kappa shape index (κ3) is 1.99. The summed E-state index contributed by atoms with van der Waals surface area (Å²) in [6.07, 6.45) is 1.04. The SMILES string of the molecule is CC[C@@H](c1ccccc1)c1c(N)[nH]c2ccccc12. The molecular formula is C17H18N2. The Morgan fingerprint density at radius 3 is 2.42 bits per heavy atom. The Balaban J connectivity index is 2.19. The van der Waals surface area contributed by atoms with E-state index in [0.29, 0.717) is 5.92 Å². The fraction of sp³-hybridized carbons (Fsp3) is 0.176. The predicted molar refractivity (Wildman–Crippen MR) is 81.3 cm³/mol. The van der Waals surface area contributed by atoms with E-state index in [0.717, 1.165) is 17.8 Å². The molecule has 1 heterocycles. The van der Waals surface area contributed by atoms with Gasteiger partial charge in [0.1, 0.15) is 5.82 Å². The van der Waals surface area contributed by atoms with E-state index in [1.165, 1.54) is 16.5 Å². The maximum atomic E-state index is 6.21. The Morgan fingerprint density at radius 1 is 1.00 bits per heavy atom. The van der Waals surface area contributed by atoms with Gasteiger partial charge in [0.15, 0.2) is 0 Å². The van der Waals surface area contributed by atoms with E-state index in [1.807, 2.05) is 6.07 Å². The standard InChI is InChI=1S/C17H18N2/c1-2-13(12-8-4-3-5-9-12)16-14-10-6-7-11-15(14)19-17(16)18/h3-11,13,19H,2,18H2,1H3/t13-/m0/s1. The average Bonchev–Trinajstić information content (AvgIpc) is 2.78. The molecule has 0 spiro atoms. The van der Waals surface area contributed by atoms with Crippen LogP contribution in [0.3, 0.4) is 0 Å². The van der Waals surface area contributed by atoms with Gasteiger partial charge in [-0.3, -0.25) is 0 Å². The number of nitrogens with one attached hydrogen (secondary N) is 1. The smallest absolute Gasteiger partial charge is 0.105 e. The highest BCUT2D eigenvalue weighted by molar-refractivity contribution is 5.89. The van der Waals surface area contributed by atoms with E-state index >= 15 is 0 Å². The van der Waals surface area contributed by atoms with Crippen LogP contribution in [-0.2, 0) is 0 Å². The van der Waals surface area contributed by atoms with Gasteiger partial charge in [-0.25, -0.2) is 0 Å². The molecule has 0 amide bonds. The highest BCUT2D eigenvalue weighted by Gasteiger charge is 2.19. The number of nitrogen functional groups attached to an aromatic ring is 1. The molecule has 0 aliphatic heterocycles. The van der Waals surface area contributed by atoms with Crippen molar-refractivity contribution in [2.24, 2.45) is 0 Å². The molecule has 0 bridgehead atoms. The zero-order valence-electron chi connectivity index (χ0n) is 11.1. The molecule has 2 aromatic carbocycles. The summed E-state index contributed by atoms with van der Waals surface area (Å²) in [5.74, 6) is 1.13. The molecule has 19 heavy (non-hydrogen) atoms. The van der Waals surface area contributed by atoms with E-state index in [2.05, 4.69) is 60.4 Å². The van der Waals surface area contributed by atoms with Crippen LogP contribution >= 0.6 is 0 Å². The second-order valence-corrected chi connectivity index (χ2v) is 4.87. The molecule has 0 aliphatic carbocycles. The van der Waals surface area contributed by atoms with Gasteiger partial charge in [-0.1, -0.05) is 55.5 Å². The summed E-state index contributed by atoms with van der Waals surface area (Å²) in [6, 6.07) is 18.9. The van der Waals surface area contributed by atoms with Crippen molar-refractivity contribution in [3.63, 3.8) is 0 Å². The first kappa shape index (κ1) is 11.8. The van der Waals surface area contributed by atoms with E-state index in [4.69, 9.17) is 5.73 Å². The van der Waals surface area contributed by atoms with Gasteiger partial charge in [0.25, 0.3) is 0 Å². The van der Waals surface area contributed by atoms with Crippen molar-refractivity contribution in [2.45, 2.75) is 19.3 Å². The minimum Gasteiger partial charge on any atom is -0.385 e. The third-order valence-electron chi connectivity index (χ3n) is 3.74. The molecule has 3 rings (SSSR count). The molecular weight excluding hydrogens is 232 g/mol. The van der Waals surface area contributed by atoms with E-state index in [1.54, 1.807) is 0 Å². The summed E-state index contributed by atoms with van der Waals surface area (Å²) in [7, 11) is 0. The lowest BCUT2D eigenvalue weighted by Gasteiger charge is -2.16. The van der Waals surface area contributed by atoms with E-state index in [-0.39, 0.29) is 0 Å². The van der Waals surface area contributed by atoms with Crippen LogP contribution in [0.1, 0.15) is 30.4 Å². The zero-order valence-corrected chi connectivity index (χ0v) is 11.1. The number of nitrogens with two attached hydrogens (primary N) is 1. The van der Waals surface area contributed by atoms with Gasteiger partial charge >= 0.3 is 0 Å². The molecule has 0 unspecified atom stereocenters. The second-order valence-electron chi connectivity index (χ2n) is 4.87. The molecule has 3 N–H and O–H groups in total. The Kier molecular flexibility index (Phi) is 3.00. The number of rotatable bonds is 3. The number of para-hydroxylation sites is 1.